The van der Waals surface area contributed by atoms with Crippen LogP contribution in [0.3, 0.4) is 0 Å². The molecule has 58 valence electrons. The fraction of sp³-hybridized carbons (Fsp3) is 0.444. The highest BCUT2D eigenvalue weighted by atomic mass is 32.1. The summed E-state index contributed by atoms with van der Waals surface area (Å²) in [6.45, 7) is 0. The Hall–Kier alpha value is -0.630. The van der Waals surface area contributed by atoms with Crippen LogP contribution in [0.1, 0.15) is 30.6 Å². The van der Waals surface area contributed by atoms with Gasteiger partial charge in [0.05, 0.1) is 5.51 Å². The van der Waals surface area contributed by atoms with Crippen molar-refractivity contribution in [3.8, 4) is 0 Å². The topological polar surface area (TPSA) is 12.9 Å². The lowest BCUT2D eigenvalue weighted by Gasteiger charge is -2.09. The van der Waals surface area contributed by atoms with Gasteiger partial charge in [-0.15, -0.1) is 11.3 Å². The third-order valence-electron chi connectivity index (χ3n) is 2.04. The van der Waals surface area contributed by atoms with Crippen molar-refractivity contribution in [2.45, 2.75) is 25.7 Å². The summed E-state index contributed by atoms with van der Waals surface area (Å²) in [4.78, 5) is 5.44. The van der Waals surface area contributed by atoms with Gasteiger partial charge in [0.1, 0.15) is 0 Å². The molecule has 0 N–H and O–H groups in total. The summed E-state index contributed by atoms with van der Waals surface area (Å²) in [7, 11) is 0. The van der Waals surface area contributed by atoms with Crippen molar-refractivity contribution in [1.82, 2.24) is 4.98 Å². The first kappa shape index (κ1) is 7.04. The van der Waals surface area contributed by atoms with Gasteiger partial charge in [-0.05, 0) is 31.3 Å². The number of hydrogen-bond acceptors (Lipinski definition) is 2. The van der Waals surface area contributed by atoms with Crippen molar-refractivity contribution >= 4 is 16.9 Å². The molecular formula is C9H11NS. The molecule has 0 aliphatic heterocycles. The first-order valence-electron chi connectivity index (χ1n) is 4.05. The Bertz CT molecular complexity index is 249. The van der Waals surface area contributed by atoms with Crippen LogP contribution in [0, 0.1) is 0 Å². The largest absolute Gasteiger partial charge is 0.253 e. The minimum atomic E-state index is 1.25. The molecule has 1 nitrogen and oxygen atoms in total. The van der Waals surface area contributed by atoms with E-state index in [0.29, 0.717) is 0 Å². The van der Waals surface area contributed by atoms with E-state index < -0.39 is 0 Å². The summed E-state index contributed by atoms with van der Waals surface area (Å²) in [6, 6.07) is 0. The number of aromatic nitrogens is 1. The number of allylic oxidation sites excluding steroid dienone is 2. The molecule has 0 spiro atoms. The van der Waals surface area contributed by atoms with E-state index in [1.807, 2.05) is 11.7 Å². The van der Waals surface area contributed by atoms with E-state index in [1.165, 1.54) is 36.1 Å². The molecular weight excluding hydrogens is 154 g/mol. The number of rotatable bonds is 1. The maximum atomic E-state index is 4.08. The molecule has 0 saturated heterocycles. The van der Waals surface area contributed by atoms with Crippen molar-refractivity contribution in [1.29, 1.82) is 0 Å². The predicted octanol–water partition coefficient (Wildman–Crippen LogP) is 3.10. The fourth-order valence-electron chi connectivity index (χ4n) is 1.44. The summed E-state index contributed by atoms with van der Waals surface area (Å²) in [6.07, 6.45) is 9.56. The molecule has 1 aromatic heterocycles. The van der Waals surface area contributed by atoms with E-state index in [1.54, 1.807) is 11.3 Å². The summed E-state index contributed by atoms with van der Waals surface area (Å²) in [5.74, 6) is 0. The average Bonchev–Trinajstić information content (AvgIpc) is 2.58. The third-order valence-corrected chi connectivity index (χ3v) is 2.89. The van der Waals surface area contributed by atoms with Crippen molar-refractivity contribution in [2.75, 3.05) is 0 Å². The zero-order valence-corrected chi connectivity index (χ0v) is 7.23. The van der Waals surface area contributed by atoms with E-state index >= 15 is 0 Å². The van der Waals surface area contributed by atoms with Crippen molar-refractivity contribution in [2.24, 2.45) is 0 Å². The van der Waals surface area contributed by atoms with Crippen LogP contribution in [0.2, 0.25) is 0 Å². The summed E-state index contributed by atoms with van der Waals surface area (Å²) >= 11 is 1.75. The molecule has 2 rings (SSSR count). The van der Waals surface area contributed by atoms with Gasteiger partial charge in [0.2, 0.25) is 0 Å². The predicted molar refractivity (Wildman–Crippen MR) is 48.6 cm³/mol. The van der Waals surface area contributed by atoms with Crippen LogP contribution in [0.4, 0.5) is 0 Å². The van der Waals surface area contributed by atoms with Gasteiger partial charge in [-0.2, -0.15) is 0 Å². The maximum absolute atomic E-state index is 4.08. The Kier molecular flexibility index (Phi) is 2.04. The number of nitrogens with zero attached hydrogens (tertiary/aromatic N) is 1. The van der Waals surface area contributed by atoms with Gasteiger partial charge in [-0.1, -0.05) is 6.08 Å². The highest BCUT2D eigenvalue weighted by Crippen LogP contribution is 2.28. The van der Waals surface area contributed by atoms with Crippen molar-refractivity contribution in [3.05, 3.63) is 22.7 Å². The monoisotopic (exact) mass is 165 g/mol. The summed E-state index contributed by atoms with van der Waals surface area (Å²) in [5.41, 5.74) is 3.42. The van der Waals surface area contributed by atoms with Gasteiger partial charge in [-0.3, -0.25) is 4.98 Å². The molecule has 0 unspecified atom stereocenters. The van der Waals surface area contributed by atoms with Crippen molar-refractivity contribution < 1.29 is 0 Å². The molecule has 0 radical (unpaired) electrons. The fourth-order valence-corrected chi connectivity index (χ4v) is 2.13. The standard InChI is InChI=1S/C9H11NS/c1-2-4-8(5-3-1)9-6-10-7-11-9/h4,6-7H,1-3,5H2. The zero-order chi connectivity index (χ0) is 7.52. The first-order chi connectivity index (χ1) is 5.47. The molecule has 0 aromatic carbocycles. The normalized spacial score (nSPS) is 18.0. The van der Waals surface area contributed by atoms with Gasteiger partial charge in [-0.25, -0.2) is 0 Å². The molecule has 1 aromatic rings. The zero-order valence-electron chi connectivity index (χ0n) is 6.42. The molecule has 1 aliphatic rings. The first-order valence-corrected chi connectivity index (χ1v) is 4.93. The second-order valence-corrected chi connectivity index (χ2v) is 3.73. The average molecular weight is 165 g/mol. The van der Waals surface area contributed by atoms with Crippen LogP contribution in [-0.2, 0) is 0 Å². The number of thiazole rings is 1. The highest BCUT2D eigenvalue weighted by Gasteiger charge is 2.06. The third kappa shape index (κ3) is 1.51. The quantitative estimate of drug-likeness (QED) is 0.623. The highest BCUT2D eigenvalue weighted by molar-refractivity contribution is 7.10. The Labute approximate surface area is 70.8 Å². The van der Waals surface area contributed by atoms with Crippen LogP contribution in [0.15, 0.2) is 17.8 Å². The lowest BCUT2D eigenvalue weighted by atomic mass is 9.99. The van der Waals surface area contributed by atoms with E-state index in [0.717, 1.165) is 0 Å². The molecule has 1 aliphatic carbocycles. The van der Waals surface area contributed by atoms with Gasteiger partial charge in [0.25, 0.3) is 0 Å². The van der Waals surface area contributed by atoms with Crippen LogP contribution in [0.25, 0.3) is 5.57 Å². The molecule has 0 saturated carbocycles. The Morgan fingerprint density at radius 1 is 1.36 bits per heavy atom. The second-order valence-electron chi connectivity index (χ2n) is 2.84. The lowest BCUT2D eigenvalue weighted by Crippen LogP contribution is -1.88. The minimum Gasteiger partial charge on any atom is -0.253 e. The summed E-state index contributed by atoms with van der Waals surface area (Å²) < 4.78 is 0. The van der Waals surface area contributed by atoms with E-state index in [9.17, 15) is 0 Å². The lowest BCUT2D eigenvalue weighted by molar-refractivity contribution is 0.743. The minimum absolute atomic E-state index is 1.25. The summed E-state index contributed by atoms with van der Waals surface area (Å²) in [5, 5.41) is 0. The van der Waals surface area contributed by atoms with Gasteiger partial charge < -0.3 is 0 Å². The Morgan fingerprint density at radius 3 is 3.00 bits per heavy atom. The van der Waals surface area contributed by atoms with E-state index in [4.69, 9.17) is 0 Å². The van der Waals surface area contributed by atoms with Crippen LogP contribution in [0.5, 0.6) is 0 Å². The number of hydrogen-bond donors (Lipinski definition) is 0. The molecule has 0 bridgehead atoms. The van der Waals surface area contributed by atoms with Gasteiger partial charge in [0, 0.05) is 11.1 Å². The van der Waals surface area contributed by atoms with Crippen molar-refractivity contribution in [3.63, 3.8) is 0 Å². The van der Waals surface area contributed by atoms with Gasteiger partial charge >= 0.3 is 0 Å². The van der Waals surface area contributed by atoms with Crippen LogP contribution >= 0.6 is 11.3 Å². The van der Waals surface area contributed by atoms with Gasteiger partial charge in [0.15, 0.2) is 0 Å². The second kappa shape index (κ2) is 3.18. The van der Waals surface area contributed by atoms with Crippen LogP contribution < -0.4 is 0 Å². The molecule has 0 amide bonds. The van der Waals surface area contributed by atoms with Crippen LogP contribution in [-0.4, -0.2) is 4.98 Å². The molecule has 0 fully saturated rings. The molecule has 2 heteroatoms. The van der Waals surface area contributed by atoms with E-state index in [-0.39, 0.29) is 0 Å². The SMILES string of the molecule is C1=C(c2cncs2)CCCC1. The maximum Gasteiger partial charge on any atom is 0.0797 e. The van der Waals surface area contributed by atoms with E-state index in [2.05, 4.69) is 11.1 Å². The Balaban J connectivity index is 2.22. The smallest absolute Gasteiger partial charge is 0.0797 e. The molecule has 0 atom stereocenters. The molecule has 11 heavy (non-hydrogen) atoms. The molecule has 1 heterocycles. The Morgan fingerprint density at radius 2 is 2.36 bits per heavy atom.